The summed E-state index contributed by atoms with van der Waals surface area (Å²) < 4.78 is 21.7. The van der Waals surface area contributed by atoms with E-state index in [4.69, 9.17) is 10.5 Å². The molecular formula is C26H28FN7O2. The number of hydrogen-bond donors (Lipinski definition) is 2. The van der Waals surface area contributed by atoms with Gasteiger partial charge < -0.3 is 25.6 Å². The molecule has 4 aromatic rings. The summed E-state index contributed by atoms with van der Waals surface area (Å²) in [6.07, 6.45) is 2.59. The van der Waals surface area contributed by atoms with Crippen LogP contribution in [0.4, 0.5) is 21.7 Å². The lowest BCUT2D eigenvalue weighted by Gasteiger charge is -2.35. The number of halogens is 1. The number of hydrogen-bond acceptors (Lipinski definition) is 7. The third kappa shape index (κ3) is 4.55. The molecule has 0 radical (unpaired) electrons. The molecule has 0 aliphatic carbocycles. The van der Waals surface area contributed by atoms with Gasteiger partial charge in [-0.1, -0.05) is 13.0 Å². The molecule has 1 amide bonds. The number of amides is 1. The largest absolute Gasteiger partial charge is 0.497 e. The third-order valence-corrected chi connectivity index (χ3v) is 6.52. The number of ether oxygens (including phenoxy) is 1. The van der Waals surface area contributed by atoms with Crippen LogP contribution in [0, 0.1) is 5.82 Å². The average Bonchev–Trinajstić information content (AvgIpc) is 3.29. The summed E-state index contributed by atoms with van der Waals surface area (Å²) in [6.45, 7) is 7.22. The van der Waals surface area contributed by atoms with Crippen LogP contribution >= 0.6 is 0 Å². The summed E-state index contributed by atoms with van der Waals surface area (Å²) in [5.41, 5.74) is 8.30. The second kappa shape index (κ2) is 9.82. The predicted molar refractivity (Wildman–Crippen MR) is 138 cm³/mol. The van der Waals surface area contributed by atoms with Crippen LogP contribution < -0.4 is 20.7 Å². The molecule has 2 aromatic carbocycles. The van der Waals surface area contributed by atoms with Crippen LogP contribution in [-0.2, 0) is 0 Å². The maximum Gasteiger partial charge on any atom is 0.250 e. The van der Waals surface area contributed by atoms with Gasteiger partial charge in [-0.3, -0.25) is 9.36 Å². The third-order valence-electron chi connectivity index (χ3n) is 6.52. The Balaban J connectivity index is 1.45. The number of carbonyl (C=O) groups excluding carboxylic acids is 1. The normalized spacial score (nSPS) is 14.2. The summed E-state index contributed by atoms with van der Waals surface area (Å²) in [7, 11) is 1.53. The Morgan fingerprint density at radius 2 is 1.97 bits per heavy atom. The minimum Gasteiger partial charge on any atom is -0.497 e. The van der Waals surface area contributed by atoms with Gasteiger partial charge in [-0.2, -0.15) is 4.98 Å². The van der Waals surface area contributed by atoms with Crippen LogP contribution in [0.5, 0.6) is 5.75 Å². The van der Waals surface area contributed by atoms with E-state index in [0.29, 0.717) is 16.7 Å². The molecule has 5 rings (SSSR count). The van der Waals surface area contributed by atoms with Gasteiger partial charge in [0.25, 0.3) is 5.91 Å². The van der Waals surface area contributed by atoms with E-state index in [2.05, 4.69) is 38.1 Å². The van der Waals surface area contributed by atoms with Gasteiger partial charge in [0.05, 0.1) is 24.4 Å². The summed E-state index contributed by atoms with van der Waals surface area (Å²) in [6, 6.07) is 13.2. The minimum atomic E-state index is -0.633. The zero-order valence-corrected chi connectivity index (χ0v) is 20.2. The zero-order chi connectivity index (χ0) is 25.2. The van der Waals surface area contributed by atoms with Crippen molar-refractivity contribution in [3.63, 3.8) is 0 Å². The van der Waals surface area contributed by atoms with Crippen molar-refractivity contribution in [1.82, 2.24) is 19.4 Å². The van der Waals surface area contributed by atoms with Gasteiger partial charge in [0.1, 0.15) is 5.75 Å². The lowest BCUT2D eigenvalue weighted by Crippen LogP contribution is -2.46. The maximum atomic E-state index is 14.9. The van der Waals surface area contributed by atoms with E-state index in [9.17, 15) is 9.18 Å². The van der Waals surface area contributed by atoms with Gasteiger partial charge >= 0.3 is 0 Å². The Labute approximate surface area is 208 Å². The molecule has 1 saturated heterocycles. The highest BCUT2D eigenvalue weighted by Gasteiger charge is 2.19. The van der Waals surface area contributed by atoms with Crippen LogP contribution in [0.15, 0.2) is 54.9 Å². The molecule has 2 aromatic heterocycles. The van der Waals surface area contributed by atoms with Crippen molar-refractivity contribution in [3.05, 3.63) is 66.2 Å². The first-order valence-electron chi connectivity index (χ1n) is 11.8. The Morgan fingerprint density at radius 3 is 2.69 bits per heavy atom. The number of rotatable bonds is 7. The molecule has 0 bridgehead atoms. The number of carbonyl (C=O) groups is 1. The SMILES string of the molecule is CCN1CCN(c2cccc(Nc3ncc(F)c(-n4cc(C(N)=O)c5cc(OC)ccc54)n3)c2)CC1. The first-order chi connectivity index (χ1) is 17.5. The van der Waals surface area contributed by atoms with Crippen LogP contribution in [0.1, 0.15) is 17.3 Å². The lowest BCUT2D eigenvalue weighted by molar-refractivity contribution is 0.100. The Bertz CT molecular complexity index is 1410. The number of fused-ring (bicyclic) bond motifs is 1. The molecule has 3 heterocycles. The topological polar surface area (TPSA) is 102 Å². The minimum absolute atomic E-state index is 0.00186. The van der Waals surface area contributed by atoms with Crippen LogP contribution in [-0.4, -0.2) is 65.2 Å². The van der Waals surface area contributed by atoms with Crippen molar-refractivity contribution >= 4 is 34.1 Å². The standard InChI is InChI=1S/C26H28FN7O2/c1-3-32-9-11-33(12-10-32)18-6-4-5-17(13-18)30-26-29-15-22(27)25(31-26)34-16-21(24(28)35)20-14-19(36-2)7-8-23(20)34/h4-8,13-16H,3,9-12H2,1-2H3,(H2,28,35)(H,29,30,31). The van der Waals surface area contributed by atoms with Crippen molar-refractivity contribution in [2.45, 2.75) is 6.92 Å². The Morgan fingerprint density at radius 1 is 1.17 bits per heavy atom. The molecule has 9 nitrogen and oxygen atoms in total. The number of nitrogens with one attached hydrogen (secondary N) is 1. The van der Waals surface area contributed by atoms with E-state index in [-0.39, 0.29) is 17.3 Å². The fourth-order valence-corrected chi connectivity index (χ4v) is 4.53. The van der Waals surface area contributed by atoms with E-state index >= 15 is 0 Å². The summed E-state index contributed by atoms with van der Waals surface area (Å²) in [4.78, 5) is 25.4. The summed E-state index contributed by atoms with van der Waals surface area (Å²) >= 11 is 0. The molecule has 0 unspecified atom stereocenters. The molecule has 0 spiro atoms. The number of likely N-dealkylation sites (N-methyl/N-ethyl adjacent to an activating group) is 1. The molecule has 10 heteroatoms. The molecule has 3 N–H and O–H groups in total. The van der Waals surface area contributed by atoms with E-state index in [1.54, 1.807) is 18.2 Å². The Hall–Kier alpha value is -4.18. The predicted octanol–water partition coefficient (Wildman–Crippen LogP) is 3.55. The van der Waals surface area contributed by atoms with Crippen molar-refractivity contribution in [2.75, 3.05) is 50.1 Å². The van der Waals surface area contributed by atoms with Crippen molar-refractivity contribution in [2.24, 2.45) is 5.73 Å². The van der Waals surface area contributed by atoms with Gasteiger partial charge in [0.2, 0.25) is 5.95 Å². The molecule has 1 fully saturated rings. The fraction of sp³-hybridized carbons (Fsp3) is 0.269. The molecule has 1 aliphatic rings. The first kappa shape index (κ1) is 23.6. The van der Waals surface area contributed by atoms with Crippen LogP contribution in [0.3, 0.4) is 0 Å². The second-order valence-corrected chi connectivity index (χ2v) is 8.62. The number of nitrogens with zero attached hydrogens (tertiary/aromatic N) is 5. The van der Waals surface area contributed by atoms with Crippen LogP contribution in [0.2, 0.25) is 0 Å². The molecular weight excluding hydrogens is 461 g/mol. The number of primary amides is 1. The monoisotopic (exact) mass is 489 g/mol. The van der Waals surface area contributed by atoms with Gasteiger partial charge in [-0.25, -0.2) is 9.37 Å². The van der Waals surface area contributed by atoms with Crippen LogP contribution in [0.25, 0.3) is 16.7 Å². The molecule has 0 saturated carbocycles. The van der Waals surface area contributed by atoms with E-state index in [1.165, 1.54) is 17.9 Å². The average molecular weight is 490 g/mol. The number of aromatic nitrogens is 3. The maximum absolute atomic E-state index is 14.9. The lowest BCUT2D eigenvalue weighted by atomic mass is 10.1. The van der Waals surface area contributed by atoms with E-state index < -0.39 is 11.7 Å². The van der Waals surface area contributed by atoms with Gasteiger partial charge in [0, 0.05) is 49.1 Å². The van der Waals surface area contributed by atoms with E-state index in [1.807, 2.05) is 18.2 Å². The highest BCUT2D eigenvalue weighted by molar-refractivity contribution is 6.07. The van der Waals surface area contributed by atoms with Crippen molar-refractivity contribution in [1.29, 1.82) is 0 Å². The Kier molecular flexibility index (Phi) is 6.43. The molecule has 1 aliphatic heterocycles. The van der Waals surface area contributed by atoms with Crippen molar-refractivity contribution < 1.29 is 13.9 Å². The highest BCUT2D eigenvalue weighted by atomic mass is 19.1. The quantitative estimate of drug-likeness (QED) is 0.409. The zero-order valence-electron chi connectivity index (χ0n) is 20.2. The van der Waals surface area contributed by atoms with E-state index in [0.717, 1.165) is 50.3 Å². The number of piperazine rings is 1. The number of benzene rings is 2. The summed E-state index contributed by atoms with van der Waals surface area (Å²) in [5, 5.41) is 3.73. The van der Waals surface area contributed by atoms with Gasteiger partial charge in [0.15, 0.2) is 11.6 Å². The first-order valence-corrected chi connectivity index (χ1v) is 11.8. The smallest absolute Gasteiger partial charge is 0.250 e. The molecule has 0 atom stereocenters. The molecule has 36 heavy (non-hydrogen) atoms. The highest BCUT2D eigenvalue weighted by Crippen LogP contribution is 2.29. The fourth-order valence-electron chi connectivity index (χ4n) is 4.53. The number of nitrogens with two attached hydrogens (primary N) is 1. The second-order valence-electron chi connectivity index (χ2n) is 8.62. The van der Waals surface area contributed by atoms with Gasteiger partial charge in [-0.05, 0) is 42.9 Å². The molecule has 186 valence electrons. The summed E-state index contributed by atoms with van der Waals surface area (Å²) in [5.74, 6) is -0.468. The van der Waals surface area contributed by atoms with Gasteiger partial charge in [-0.15, -0.1) is 0 Å². The van der Waals surface area contributed by atoms with Crippen molar-refractivity contribution in [3.8, 4) is 11.6 Å². The number of anilines is 3. The number of methoxy groups -OCH3 is 1.